The monoisotopic (exact) mass is 267 g/mol. The third-order valence-electron chi connectivity index (χ3n) is 3.88. The van der Waals surface area contributed by atoms with Crippen LogP contribution in [-0.4, -0.2) is 6.10 Å². The summed E-state index contributed by atoms with van der Waals surface area (Å²) in [5.41, 5.74) is 7.20. The Morgan fingerprint density at radius 3 is 2.80 bits per heavy atom. The molecule has 3 rings (SSSR count). The molecule has 2 aromatic rings. The number of nitrogens with two attached hydrogens (primary N) is 1. The smallest absolute Gasteiger partial charge is 0.132 e. The van der Waals surface area contributed by atoms with E-state index in [-0.39, 0.29) is 12.1 Å². The average molecular weight is 267 g/mol. The van der Waals surface area contributed by atoms with Crippen LogP contribution >= 0.6 is 0 Å². The molecule has 0 amide bonds. The summed E-state index contributed by atoms with van der Waals surface area (Å²) < 4.78 is 6.29. The average Bonchev–Trinajstić information content (AvgIpc) is 2.48. The molecule has 2 atom stereocenters. The van der Waals surface area contributed by atoms with Crippen molar-refractivity contribution in [1.29, 1.82) is 0 Å². The van der Waals surface area contributed by atoms with E-state index in [1.165, 1.54) is 11.8 Å². The van der Waals surface area contributed by atoms with Gasteiger partial charge in [0, 0.05) is 17.0 Å². The molecule has 1 aliphatic carbocycles. The highest BCUT2D eigenvalue weighted by molar-refractivity contribution is 5.89. The van der Waals surface area contributed by atoms with Crippen LogP contribution in [0.5, 0.6) is 5.75 Å². The molecule has 20 heavy (non-hydrogen) atoms. The quantitative estimate of drug-likeness (QED) is 0.839. The van der Waals surface area contributed by atoms with Crippen molar-refractivity contribution in [2.24, 2.45) is 5.73 Å². The maximum atomic E-state index is 6.29. The van der Waals surface area contributed by atoms with Gasteiger partial charge in [-0.2, -0.15) is 0 Å². The highest BCUT2D eigenvalue weighted by Gasteiger charge is 2.16. The molecule has 0 heterocycles. The summed E-state index contributed by atoms with van der Waals surface area (Å²) in [7, 11) is 0. The first-order valence-corrected chi connectivity index (χ1v) is 7.36. The van der Waals surface area contributed by atoms with Gasteiger partial charge in [0.25, 0.3) is 0 Å². The standard InChI is InChI=1S/C18H21NO/c1-13(19)16-12-11-14-7-5-6-10-17(14)18(16)20-15-8-3-2-4-9-15/h3,5-8,10-13,15H,2,4,9,19H2,1H3/t13-,15?/m0/s1. The molecule has 2 heteroatoms. The van der Waals surface area contributed by atoms with E-state index in [2.05, 4.69) is 48.6 Å². The normalized spacial score (nSPS) is 20.0. The van der Waals surface area contributed by atoms with Gasteiger partial charge in [-0.1, -0.05) is 42.5 Å². The summed E-state index contributed by atoms with van der Waals surface area (Å²) in [4.78, 5) is 0. The van der Waals surface area contributed by atoms with E-state index in [0.717, 1.165) is 29.5 Å². The maximum Gasteiger partial charge on any atom is 0.132 e. The van der Waals surface area contributed by atoms with E-state index in [1.54, 1.807) is 0 Å². The van der Waals surface area contributed by atoms with Gasteiger partial charge in [0.15, 0.2) is 0 Å². The molecule has 2 aromatic carbocycles. The van der Waals surface area contributed by atoms with Crippen LogP contribution < -0.4 is 10.5 Å². The number of benzene rings is 2. The number of hydrogen-bond donors (Lipinski definition) is 1. The lowest BCUT2D eigenvalue weighted by molar-refractivity contribution is 0.230. The lowest BCUT2D eigenvalue weighted by Crippen LogP contribution is -2.18. The Kier molecular flexibility index (Phi) is 3.75. The van der Waals surface area contributed by atoms with Gasteiger partial charge in [-0.3, -0.25) is 0 Å². The summed E-state index contributed by atoms with van der Waals surface area (Å²) in [6.07, 6.45) is 8.00. The molecule has 1 aliphatic rings. The third-order valence-corrected chi connectivity index (χ3v) is 3.88. The zero-order chi connectivity index (χ0) is 13.9. The molecule has 0 saturated carbocycles. The van der Waals surface area contributed by atoms with E-state index in [4.69, 9.17) is 10.5 Å². The van der Waals surface area contributed by atoms with Crippen molar-refractivity contribution in [3.05, 3.63) is 54.1 Å². The van der Waals surface area contributed by atoms with Crippen LogP contribution in [0.1, 0.15) is 37.8 Å². The summed E-state index contributed by atoms with van der Waals surface area (Å²) in [6, 6.07) is 12.5. The zero-order valence-electron chi connectivity index (χ0n) is 11.9. The van der Waals surface area contributed by atoms with Gasteiger partial charge in [-0.05, 0) is 37.6 Å². The third kappa shape index (κ3) is 2.56. The molecule has 2 N–H and O–H groups in total. The van der Waals surface area contributed by atoms with E-state index in [9.17, 15) is 0 Å². The molecular formula is C18H21NO. The predicted molar refractivity (Wildman–Crippen MR) is 84.0 cm³/mol. The number of fused-ring (bicyclic) bond motifs is 1. The van der Waals surface area contributed by atoms with E-state index in [1.807, 2.05) is 6.92 Å². The van der Waals surface area contributed by atoms with Gasteiger partial charge in [-0.25, -0.2) is 0 Å². The Morgan fingerprint density at radius 2 is 2.05 bits per heavy atom. The van der Waals surface area contributed by atoms with Crippen molar-refractivity contribution in [1.82, 2.24) is 0 Å². The van der Waals surface area contributed by atoms with Gasteiger partial charge in [0.2, 0.25) is 0 Å². The number of hydrogen-bond acceptors (Lipinski definition) is 2. The minimum atomic E-state index is -0.0258. The van der Waals surface area contributed by atoms with Crippen LogP contribution in [0.25, 0.3) is 10.8 Å². The van der Waals surface area contributed by atoms with Gasteiger partial charge >= 0.3 is 0 Å². The van der Waals surface area contributed by atoms with E-state index >= 15 is 0 Å². The van der Waals surface area contributed by atoms with Crippen LogP contribution in [-0.2, 0) is 0 Å². The van der Waals surface area contributed by atoms with Crippen molar-refractivity contribution in [3.8, 4) is 5.75 Å². The lowest BCUT2D eigenvalue weighted by atomic mass is 10.0. The minimum Gasteiger partial charge on any atom is -0.485 e. The minimum absolute atomic E-state index is 0.0258. The van der Waals surface area contributed by atoms with Gasteiger partial charge in [0.1, 0.15) is 11.9 Å². The van der Waals surface area contributed by atoms with Gasteiger partial charge in [0.05, 0.1) is 0 Å². The van der Waals surface area contributed by atoms with Gasteiger partial charge in [-0.15, -0.1) is 0 Å². The van der Waals surface area contributed by atoms with Crippen LogP contribution in [0.2, 0.25) is 0 Å². The maximum absolute atomic E-state index is 6.29. The van der Waals surface area contributed by atoms with Crippen LogP contribution in [0.4, 0.5) is 0 Å². The Hall–Kier alpha value is -1.80. The fraction of sp³-hybridized carbons (Fsp3) is 0.333. The highest BCUT2D eigenvalue weighted by atomic mass is 16.5. The molecule has 0 bridgehead atoms. The molecule has 0 aliphatic heterocycles. The summed E-state index contributed by atoms with van der Waals surface area (Å²) in [5, 5.41) is 2.35. The molecule has 0 aromatic heterocycles. The van der Waals surface area contributed by atoms with E-state index < -0.39 is 0 Å². The molecule has 1 unspecified atom stereocenters. The second-order valence-corrected chi connectivity index (χ2v) is 5.51. The second kappa shape index (κ2) is 5.68. The molecule has 0 radical (unpaired) electrons. The highest BCUT2D eigenvalue weighted by Crippen LogP contribution is 2.34. The van der Waals surface area contributed by atoms with Gasteiger partial charge < -0.3 is 10.5 Å². The largest absolute Gasteiger partial charge is 0.485 e. The summed E-state index contributed by atoms with van der Waals surface area (Å²) in [5.74, 6) is 0.953. The molecular weight excluding hydrogens is 246 g/mol. The number of allylic oxidation sites excluding steroid dienone is 1. The molecule has 0 fully saturated rings. The Morgan fingerprint density at radius 1 is 1.20 bits per heavy atom. The summed E-state index contributed by atoms with van der Waals surface area (Å²) >= 11 is 0. The van der Waals surface area contributed by atoms with Crippen LogP contribution in [0.15, 0.2) is 48.6 Å². The van der Waals surface area contributed by atoms with Crippen LogP contribution in [0, 0.1) is 0 Å². The van der Waals surface area contributed by atoms with Crippen molar-refractivity contribution in [2.45, 2.75) is 38.3 Å². The fourth-order valence-corrected chi connectivity index (χ4v) is 2.78. The molecule has 0 spiro atoms. The van der Waals surface area contributed by atoms with Crippen molar-refractivity contribution in [3.63, 3.8) is 0 Å². The second-order valence-electron chi connectivity index (χ2n) is 5.51. The molecule has 0 saturated heterocycles. The van der Waals surface area contributed by atoms with E-state index in [0.29, 0.717) is 0 Å². The Labute approximate surface area is 120 Å². The van der Waals surface area contributed by atoms with Crippen molar-refractivity contribution in [2.75, 3.05) is 0 Å². The predicted octanol–water partition coefficient (Wildman–Crippen LogP) is 4.35. The topological polar surface area (TPSA) is 35.2 Å². The first-order valence-electron chi connectivity index (χ1n) is 7.36. The van der Waals surface area contributed by atoms with Crippen molar-refractivity contribution >= 4 is 10.8 Å². The molecule has 104 valence electrons. The SMILES string of the molecule is C[C@H](N)c1ccc2ccccc2c1OC1C=CCCC1. The Balaban J connectivity index is 2.07. The fourth-order valence-electron chi connectivity index (χ4n) is 2.78. The first kappa shape index (κ1) is 13.2. The Bertz CT molecular complexity index is 630. The summed E-state index contributed by atoms with van der Waals surface area (Å²) in [6.45, 7) is 2.01. The first-order chi connectivity index (χ1) is 9.75. The lowest BCUT2D eigenvalue weighted by Gasteiger charge is -2.23. The van der Waals surface area contributed by atoms with Crippen LogP contribution in [0.3, 0.4) is 0 Å². The number of rotatable bonds is 3. The zero-order valence-corrected chi connectivity index (χ0v) is 11.9. The van der Waals surface area contributed by atoms with Crippen molar-refractivity contribution < 1.29 is 4.74 Å². The number of ether oxygens (including phenoxy) is 1. The molecule has 2 nitrogen and oxygen atoms in total.